The number of fused-ring (bicyclic) bond motifs is 1. The summed E-state index contributed by atoms with van der Waals surface area (Å²) < 4.78 is 15.5. The van der Waals surface area contributed by atoms with E-state index in [1.165, 1.54) is 7.11 Å². The summed E-state index contributed by atoms with van der Waals surface area (Å²) in [6.45, 7) is 4.04. The molecule has 1 aliphatic carbocycles. The topological polar surface area (TPSA) is 48.1 Å². The average molecular weight is 210 g/mol. The molecule has 0 N–H and O–H groups in total. The molecule has 0 aromatic heterocycles. The molecular formula is C11H14O4. The highest BCUT2D eigenvalue weighted by Gasteiger charge is 2.49. The first kappa shape index (κ1) is 10.4. The van der Waals surface area contributed by atoms with Crippen molar-refractivity contribution in [2.24, 2.45) is 0 Å². The van der Waals surface area contributed by atoms with Crippen LogP contribution in [0.4, 0.5) is 0 Å². The Balaban J connectivity index is 2.03. The Kier molecular flexibility index (Phi) is 2.88. The molecule has 4 nitrogen and oxygen atoms in total. The Morgan fingerprint density at radius 1 is 1.80 bits per heavy atom. The summed E-state index contributed by atoms with van der Waals surface area (Å²) in [7, 11) is 1.38. The standard InChI is InChI=1S/C11H14O4/c1-3-4-14-8-5-7(11(12)13-2)6-9-10(8)15-9/h3,5,8-10H,1,4,6H2,2H3/t8-,9+,10-/m1/s1. The average Bonchev–Trinajstić information content (AvgIpc) is 3.03. The van der Waals surface area contributed by atoms with Crippen molar-refractivity contribution in [1.82, 2.24) is 0 Å². The van der Waals surface area contributed by atoms with Gasteiger partial charge in [0, 0.05) is 12.0 Å². The van der Waals surface area contributed by atoms with E-state index in [9.17, 15) is 4.79 Å². The molecule has 82 valence electrons. The van der Waals surface area contributed by atoms with Crippen molar-refractivity contribution in [3.63, 3.8) is 0 Å². The smallest absolute Gasteiger partial charge is 0.333 e. The van der Waals surface area contributed by atoms with Gasteiger partial charge in [-0.25, -0.2) is 4.79 Å². The number of ether oxygens (including phenoxy) is 3. The molecule has 0 spiro atoms. The molecule has 3 atom stereocenters. The van der Waals surface area contributed by atoms with Crippen LogP contribution in [0.25, 0.3) is 0 Å². The van der Waals surface area contributed by atoms with E-state index in [4.69, 9.17) is 9.47 Å². The normalized spacial score (nSPS) is 32.6. The summed E-state index contributed by atoms with van der Waals surface area (Å²) in [6.07, 6.45) is 4.19. The van der Waals surface area contributed by atoms with E-state index in [1.54, 1.807) is 12.2 Å². The van der Waals surface area contributed by atoms with Crippen molar-refractivity contribution in [1.29, 1.82) is 0 Å². The predicted molar refractivity (Wildman–Crippen MR) is 53.3 cm³/mol. The van der Waals surface area contributed by atoms with Gasteiger partial charge in [-0.05, 0) is 6.08 Å². The molecule has 0 amide bonds. The molecular weight excluding hydrogens is 196 g/mol. The molecule has 1 aliphatic heterocycles. The van der Waals surface area contributed by atoms with Crippen LogP contribution in [0.5, 0.6) is 0 Å². The second kappa shape index (κ2) is 4.16. The Labute approximate surface area is 88.5 Å². The molecule has 0 unspecified atom stereocenters. The van der Waals surface area contributed by atoms with Gasteiger partial charge in [0.15, 0.2) is 0 Å². The lowest BCUT2D eigenvalue weighted by Crippen LogP contribution is -2.26. The van der Waals surface area contributed by atoms with Gasteiger partial charge in [-0.15, -0.1) is 6.58 Å². The van der Waals surface area contributed by atoms with Gasteiger partial charge in [0.1, 0.15) is 12.2 Å². The van der Waals surface area contributed by atoms with Crippen LogP contribution in [0.15, 0.2) is 24.3 Å². The maximum atomic E-state index is 11.3. The predicted octanol–water partition coefficient (Wildman–Crippen LogP) is 0.828. The van der Waals surface area contributed by atoms with Crippen LogP contribution < -0.4 is 0 Å². The third-order valence-electron chi connectivity index (χ3n) is 2.59. The Hall–Kier alpha value is -1.13. The van der Waals surface area contributed by atoms with E-state index in [0.717, 1.165) is 0 Å². The van der Waals surface area contributed by atoms with Crippen molar-refractivity contribution in [3.05, 3.63) is 24.3 Å². The molecule has 15 heavy (non-hydrogen) atoms. The lowest BCUT2D eigenvalue weighted by molar-refractivity contribution is -0.136. The van der Waals surface area contributed by atoms with Crippen LogP contribution in [0.2, 0.25) is 0 Å². The highest BCUT2D eigenvalue weighted by molar-refractivity contribution is 5.89. The van der Waals surface area contributed by atoms with E-state index < -0.39 is 0 Å². The summed E-state index contributed by atoms with van der Waals surface area (Å²) in [5, 5.41) is 0. The summed E-state index contributed by atoms with van der Waals surface area (Å²) >= 11 is 0. The number of carbonyl (C=O) groups excluding carboxylic acids is 1. The van der Waals surface area contributed by atoms with Crippen molar-refractivity contribution >= 4 is 5.97 Å². The van der Waals surface area contributed by atoms with Crippen molar-refractivity contribution < 1.29 is 19.0 Å². The van der Waals surface area contributed by atoms with Crippen molar-refractivity contribution in [2.45, 2.75) is 24.7 Å². The van der Waals surface area contributed by atoms with Gasteiger partial charge < -0.3 is 14.2 Å². The van der Waals surface area contributed by atoms with Crippen LogP contribution in [0, 0.1) is 0 Å². The van der Waals surface area contributed by atoms with Gasteiger partial charge in [-0.1, -0.05) is 6.08 Å². The third kappa shape index (κ3) is 2.11. The molecule has 0 bridgehead atoms. The highest BCUT2D eigenvalue weighted by atomic mass is 16.6. The quantitative estimate of drug-likeness (QED) is 0.392. The van der Waals surface area contributed by atoms with Gasteiger partial charge in [-0.3, -0.25) is 0 Å². The molecule has 0 radical (unpaired) electrons. The van der Waals surface area contributed by atoms with Crippen LogP contribution in [0.1, 0.15) is 6.42 Å². The van der Waals surface area contributed by atoms with Crippen LogP contribution in [0.3, 0.4) is 0 Å². The number of epoxide rings is 1. The van der Waals surface area contributed by atoms with Crippen molar-refractivity contribution in [3.8, 4) is 0 Å². The van der Waals surface area contributed by atoms with Crippen LogP contribution in [-0.4, -0.2) is 38.0 Å². The molecule has 0 saturated carbocycles. The number of methoxy groups -OCH3 is 1. The minimum atomic E-state index is -0.295. The van der Waals surface area contributed by atoms with Gasteiger partial charge >= 0.3 is 5.97 Å². The monoisotopic (exact) mass is 210 g/mol. The SMILES string of the molecule is C=CCO[C@@H]1C=C(C(=O)OC)C[C@@H]2O[C@@H]21. The molecule has 1 heterocycles. The van der Waals surface area contributed by atoms with Crippen LogP contribution >= 0.6 is 0 Å². The van der Waals surface area contributed by atoms with Gasteiger partial charge in [-0.2, -0.15) is 0 Å². The molecule has 2 rings (SSSR count). The first-order chi connectivity index (χ1) is 7.26. The molecule has 1 saturated heterocycles. The zero-order valence-corrected chi connectivity index (χ0v) is 8.64. The number of rotatable bonds is 4. The highest BCUT2D eigenvalue weighted by Crippen LogP contribution is 2.37. The van der Waals surface area contributed by atoms with Gasteiger partial charge in [0.2, 0.25) is 0 Å². The van der Waals surface area contributed by atoms with Crippen LogP contribution in [-0.2, 0) is 19.0 Å². The largest absolute Gasteiger partial charge is 0.466 e. The number of hydrogen-bond acceptors (Lipinski definition) is 4. The zero-order chi connectivity index (χ0) is 10.8. The second-order valence-electron chi connectivity index (χ2n) is 3.61. The van der Waals surface area contributed by atoms with E-state index in [0.29, 0.717) is 18.6 Å². The molecule has 2 aliphatic rings. The minimum absolute atomic E-state index is 0.110. The number of hydrogen-bond donors (Lipinski definition) is 0. The maximum absolute atomic E-state index is 11.3. The van der Waals surface area contributed by atoms with E-state index in [1.807, 2.05) is 0 Å². The Bertz CT molecular complexity index is 308. The number of esters is 1. The Morgan fingerprint density at radius 3 is 3.27 bits per heavy atom. The first-order valence-electron chi connectivity index (χ1n) is 4.93. The lowest BCUT2D eigenvalue weighted by atomic mass is 9.97. The second-order valence-corrected chi connectivity index (χ2v) is 3.61. The molecule has 0 aromatic carbocycles. The zero-order valence-electron chi connectivity index (χ0n) is 8.64. The molecule has 1 fully saturated rings. The van der Waals surface area contributed by atoms with Gasteiger partial charge in [0.05, 0.1) is 19.8 Å². The fraction of sp³-hybridized carbons (Fsp3) is 0.545. The third-order valence-corrected chi connectivity index (χ3v) is 2.59. The van der Waals surface area contributed by atoms with E-state index in [-0.39, 0.29) is 24.3 Å². The first-order valence-corrected chi connectivity index (χ1v) is 4.93. The molecule has 0 aromatic rings. The Morgan fingerprint density at radius 2 is 2.60 bits per heavy atom. The maximum Gasteiger partial charge on any atom is 0.333 e. The summed E-state index contributed by atoms with van der Waals surface area (Å²) in [5.74, 6) is -0.295. The minimum Gasteiger partial charge on any atom is -0.466 e. The summed E-state index contributed by atoms with van der Waals surface area (Å²) in [5.41, 5.74) is 0.644. The van der Waals surface area contributed by atoms with E-state index >= 15 is 0 Å². The van der Waals surface area contributed by atoms with Crippen molar-refractivity contribution in [2.75, 3.05) is 13.7 Å². The number of carbonyl (C=O) groups is 1. The summed E-state index contributed by atoms with van der Waals surface area (Å²) in [4.78, 5) is 11.3. The molecule has 4 heteroatoms. The fourth-order valence-electron chi connectivity index (χ4n) is 1.79. The van der Waals surface area contributed by atoms with E-state index in [2.05, 4.69) is 11.3 Å². The fourth-order valence-corrected chi connectivity index (χ4v) is 1.79. The van der Waals surface area contributed by atoms with Gasteiger partial charge in [0.25, 0.3) is 0 Å². The lowest BCUT2D eigenvalue weighted by Gasteiger charge is -2.16. The summed E-state index contributed by atoms with van der Waals surface area (Å²) in [6, 6.07) is 0.